The van der Waals surface area contributed by atoms with Crippen molar-refractivity contribution in [1.29, 1.82) is 0 Å². The molecule has 0 bridgehead atoms. The van der Waals surface area contributed by atoms with Crippen LogP contribution in [0.15, 0.2) is 53.4 Å². The van der Waals surface area contributed by atoms with E-state index >= 15 is 0 Å². The molecule has 0 heterocycles. The van der Waals surface area contributed by atoms with Crippen LogP contribution in [-0.2, 0) is 14.8 Å². The Morgan fingerprint density at radius 3 is 2.38 bits per heavy atom. The molecular formula is C19H21F3N2O4S. The molecule has 0 aliphatic rings. The summed E-state index contributed by atoms with van der Waals surface area (Å²) in [4.78, 5) is 12.1. The third-order valence-corrected chi connectivity index (χ3v) is 5.50. The zero-order valence-electron chi connectivity index (χ0n) is 15.6. The van der Waals surface area contributed by atoms with Gasteiger partial charge in [-0.15, -0.1) is 0 Å². The molecular weight excluding hydrogens is 409 g/mol. The van der Waals surface area contributed by atoms with Gasteiger partial charge in [-0.25, -0.2) is 17.5 Å². The van der Waals surface area contributed by atoms with Gasteiger partial charge in [0.25, 0.3) is 0 Å². The van der Waals surface area contributed by atoms with Crippen molar-refractivity contribution in [3.8, 4) is 5.75 Å². The third kappa shape index (κ3) is 6.75. The van der Waals surface area contributed by atoms with Crippen LogP contribution in [0.2, 0.25) is 0 Å². The van der Waals surface area contributed by atoms with Crippen LogP contribution < -0.4 is 14.8 Å². The first-order valence-electron chi connectivity index (χ1n) is 8.81. The van der Waals surface area contributed by atoms with Crippen molar-refractivity contribution < 1.29 is 31.1 Å². The summed E-state index contributed by atoms with van der Waals surface area (Å²) < 4.78 is 69.0. The molecule has 6 nitrogen and oxygen atoms in total. The summed E-state index contributed by atoms with van der Waals surface area (Å²) in [6.45, 7) is -1.41. The van der Waals surface area contributed by atoms with Crippen LogP contribution >= 0.6 is 0 Å². The molecule has 0 saturated heterocycles. The van der Waals surface area contributed by atoms with Crippen LogP contribution in [0.25, 0.3) is 0 Å². The summed E-state index contributed by atoms with van der Waals surface area (Å²) in [6.07, 6.45) is 0.242. The lowest BCUT2D eigenvalue weighted by molar-refractivity contribution is -0.121. The molecule has 0 aromatic heterocycles. The number of benzene rings is 2. The quantitative estimate of drug-likeness (QED) is 0.605. The molecule has 0 fully saturated rings. The molecule has 2 aromatic rings. The SMILES string of the molecule is CCC(NC(=O)CCNS(=O)(=O)c1ccc(F)cc1)c1ccccc1OC(F)F. The van der Waals surface area contributed by atoms with Crippen molar-refractivity contribution in [2.45, 2.75) is 37.3 Å². The number of halogens is 3. The zero-order valence-corrected chi connectivity index (χ0v) is 16.4. The maximum Gasteiger partial charge on any atom is 0.387 e. The Labute approximate surface area is 167 Å². The van der Waals surface area contributed by atoms with Crippen molar-refractivity contribution in [1.82, 2.24) is 10.0 Å². The van der Waals surface area contributed by atoms with E-state index in [1.165, 1.54) is 6.07 Å². The highest BCUT2D eigenvalue weighted by molar-refractivity contribution is 7.89. The van der Waals surface area contributed by atoms with Crippen molar-refractivity contribution in [2.24, 2.45) is 0 Å². The first-order chi connectivity index (χ1) is 13.7. The fourth-order valence-corrected chi connectivity index (χ4v) is 3.67. The fourth-order valence-electron chi connectivity index (χ4n) is 2.63. The largest absolute Gasteiger partial charge is 0.434 e. The minimum atomic E-state index is -3.88. The number of hydrogen-bond donors (Lipinski definition) is 2. The molecule has 0 saturated carbocycles. The van der Waals surface area contributed by atoms with Crippen LogP contribution in [0.5, 0.6) is 5.75 Å². The number of hydrogen-bond acceptors (Lipinski definition) is 4. The topological polar surface area (TPSA) is 84.5 Å². The lowest BCUT2D eigenvalue weighted by atomic mass is 10.0. The molecule has 0 aliphatic carbocycles. The molecule has 29 heavy (non-hydrogen) atoms. The predicted octanol–water partition coefficient (Wildman–Crippen LogP) is 3.36. The number of carbonyl (C=O) groups is 1. The summed E-state index contributed by atoms with van der Waals surface area (Å²) in [5.41, 5.74) is 0.399. The summed E-state index contributed by atoms with van der Waals surface area (Å²) >= 11 is 0. The van der Waals surface area contributed by atoms with Gasteiger partial charge in [-0.3, -0.25) is 4.79 Å². The van der Waals surface area contributed by atoms with Gasteiger partial charge in [0.1, 0.15) is 11.6 Å². The maximum atomic E-state index is 12.9. The van der Waals surface area contributed by atoms with Gasteiger partial charge < -0.3 is 10.1 Å². The highest BCUT2D eigenvalue weighted by Gasteiger charge is 2.19. The Kier molecular flexibility index (Phi) is 8.03. The highest BCUT2D eigenvalue weighted by atomic mass is 32.2. The minimum absolute atomic E-state index is 0.0355. The van der Waals surface area contributed by atoms with Gasteiger partial charge in [-0.05, 0) is 36.8 Å². The first-order valence-corrected chi connectivity index (χ1v) is 10.3. The molecule has 2 rings (SSSR count). The van der Waals surface area contributed by atoms with Gasteiger partial charge in [-0.2, -0.15) is 8.78 Å². The van der Waals surface area contributed by atoms with Gasteiger partial charge in [-0.1, -0.05) is 25.1 Å². The summed E-state index contributed by atoms with van der Waals surface area (Å²) in [5, 5.41) is 2.68. The third-order valence-electron chi connectivity index (χ3n) is 4.02. The molecule has 1 amide bonds. The van der Waals surface area contributed by atoms with Gasteiger partial charge >= 0.3 is 6.61 Å². The number of alkyl halides is 2. The van der Waals surface area contributed by atoms with E-state index < -0.39 is 34.4 Å². The number of rotatable bonds is 10. The monoisotopic (exact) mass is 430 g/mol. The number of carbonyl (C=O) groups excluding carboxylic acids is 1. The first kappa shape index (κ1) is 22.7. The van der Waals surface area contributed by atoms with Crippen LogP contribution in [0.1, 0.15) is 31.4 Å². The standard InChI is InChI=1S/C19H21F3N2O4S/c1-2-16(15-5-3-4-6-17(15)28-19(21)22)24-18(25)11-12-23-29(26,27)14-9-7-13(20)8-10-14/h3-10,16,19,23H,2,11-12H2,1H3,(H,24,25). The Morgan fingerprint density at radius 2 is 1.76 bits per heavy atom. The van der Waals surface area contributed by atoms with Gasteiger partial charge in [0, 0.05) is 18.5 Å². The Bertz CT molecular complexity index is 921. The second-order valence-electron chi connectivity index (χ2n) is 6.05. The van der Waals surface area contributed by atoms with E-state index in [0.29, 0.717) is 12.0 Å². The van der Waals surface area contributed by atoms with Crippen molar-refractivity contribution in [3.05, 3.63) is 59.9 Å². The molecule has 1 atom stereocenters. The maximum absolute atomic E-state index is 12.9. The average Bonchev–Trinajstić information content (AvgIpc) is 2.66. The second kappa shape index (κ2) is 10.3. The molecule has 1 unspecified atom stereocenters. The van der Waals surface area contributed by atoms with E-state index in [4.69, 9.17) is 0 Å². The van der Waals surface area contributed by atoms with Crippen LogP contribution in [-0.4, -0.2) is 27.5 Å². The molecule has 2 N–H and O–H groups in total. The smallest absolute Gasteiger partial charge is 0.387 e. The number of nitrogens with one attached hydrogen (secondary N) is 2. The molecule has 2 aromatic carbocycles. The summed E-state index contributed by atoms with van der Waals surface area (Å²) in [5.74, 6) is -1.07. The minimum Gasteiger partial charge on any atom is -0.434 e. The van der Waals surface area contributed by atoms with Gasteiger partial charge in [0.15, 0.2) is 0 Å². The van der Waals surface area contributed by atoms with E-state index in [1.54, 1.807) is 25.1 Å². The zero-order chi connectivity index (χ0) is 21.4. The number of ether oxygens (including phenoxy) is 1. The van der Waals surface area contributed by atoms with Crippen LogP contribution in [0.4, 0.5) is 13.2 Å². The summed E-state index contributed by atoms with van der Waals surface area (Å²) in [6, 6.07) is 9.83. The Morgan fingerprint density at radius 1 is 1.10 bits per heavy atom. The van der Waals surface area contributed by atoms with E-state index in [-0.39, 0.29) is 23.6 Å². The molecule has 10 heteroatoms. The molecule has 0 spiro atoms. The van der Waals surface area contributed by atoms with Gasteiger partial charge in [0.2, 0.25) is 15.9 Å². The second-order valence-corrected chi connectivity index (χ2v) is 7.81. The van der Waals surface area contributed by atoms with E-state index in [1.807, 2.05) is 0 Å². The van der Waals surface area contributed by atoms with E-state index in [2.05, 4.69) is 14.8 Å². The van der Waals surface area contributed by atoms with Crippen molar-refractivity contribution >= 4 is 15.9 Å². The number of amides is 1. The predicted molar refractivity (Wildman–Crippen MR) is 100 cm³/mol. The highest BCUT2D eigenvalue weighted by Crippen LogP contribution is 2.28. The summed E-state index contributed by atoms with van der Waals surface area (Å²) in [7, 11) is -3.88. The van der Waals surface area contributed by atoms with E-state index in [9.17, 15) is 26.4 Å². The average molecular weight is 430 g/mol. The molecule has 0 radical (unpaired) electrons. The number of sulfonamides is 1. The lowest BCUT2D eigenvalue weighted by Crippen LogP contribution is -2.33. The van der Waals surface area contributed by atoms with E-state index in [0.717, 1.165) is 24.3 Å². The fraction of sp³-hybridized carbons (Fsp3) is 0.316. The lowest BCUT2D eigenvalue weighted by Gasteiger charge is -2.20. The Balaban J connectivity index is 1.95. The molecule has 0 aliphatic heterocycles. The van der Waals surface area contributed by atoms with Crippen LogP contribution in [0, 0.1) is 5.82 Å². The Hall–Kier alpha value is -2.59. The van der Waals surface area contributed by atoms with Crippen molar-refractivity contribution in [2.75, 3.05) is 6.54 Å². The van der Waals surface area contributed by atoms with Crippen molar-refractivity contribution in [3.63, 3.8) is 0 Å². The normalized spacial score (nSPS) is 12.6. The number of para-hydroxylation sites is 1. The molecule has 158 valence electrons. The van der Waals surface area contributed by atoms with Gasteiger partial charge in [0.05, 0.1) is 10.9 Å². The van der Waals surface area contributed by atoms with Crippen LogP contribution in [0.3, 0.4) is 0 Å².